The van der Waals surface area contributed by atoms with E-state index in [0.717, 1.165) is 5.56 Å². The number of halogens is 2. The Kier molecular flexibility index (Phi) is 7.39. The van der Waals surface area contributed by atoms with E-state index in [0.29, 0.717) is 11.0 Å². The van der Waals surface area contributed by atoms with Gasteiger partial charge in [0.1, 0.15) is 0 Å². The Hall–Kier alpha value is -0.140. The van der Waals surface area contributed by atoms with Gasteiger partial charge in [0.15, 0.2) is 0 Å². The molecule has 4 nitrogen and oxygen atoms in total. The number of nitrogens with one attached hydrogen (secondary N) is 2. The van der Waals surface area contributed by atoms with Crippen molar-refractivity contribution in [3.05, 3.63) is 28.2 Å². The van der Waals surface area contributed by atoms with E-state index in [4.69, 9.17) is 0 Å². The molecule has 0 heterocycles. The molecule has 1 aromatic rings. The lowest BCUT2D eigenvalue weighted by atomic mass is 10.2. The first-order valence-electron chi connectivity index (χ1n) is 5.30. The number of sulfonamides is 1. The van der Waals surface area contributed by atoms with Crippen LogP contribution in [0.4, 0.5) is 0 Å². The molecular weight excluding hydrogens is 340 g/mol. The molecule has 0 fully saturated rings. The molecule has 0 spiro atoms. The van der Waals surface area contributed by atoms with Gasteiger partial charge in [-0.1, -0.05) is 12.1 Å². The summed E-state index contributed by atoms with van der Waals surface area (Å²) in [7, 11) is -1.66. The summed E-state index contributed by atoms with van der Waals surface area (Å²) in [6.07, 6.45) is 0. The summed E-state index contributed by atoms with van der Waals surface area (Å²) in [5, 5.41) is 2.98. The number of aryl methyl sites for hydroxylation is 1. The van der Waals surface area contributed by atoms with Crippen molar-refractivity contribution in [2.75, 3.05) is 13.6 Å². The summed E-state index contributed by atoms with van der Waals surface area (Å²) in [5.41, 5.74) is 0.898. The van der Waals surface area contributed by atoms with E-state index in [1.54, 1.807) is 19.2 Å². The van der Waals surface area contributed by atoms with Gasteiger partial charge in [0.05, 0.1) is 4.90 Å². The molecule has 7 heteroatoms. The molecule has 1 atom stereocenters. The van der Waals surface area contributed by atoms with Crippen molar-refractivity contribution in [3.8, 4) is 0 Å². The van der Waals surface area contributed by atoms with Crippen LogP contribution in [0.2, 0.25) is 0 Å². The van der Waals surface area contributed by atoms with Crippen LogP contribution in [0, 0.1) is 6.92 Å². The zero-order valence-corrected chi connectivity index (χ0v) is 13.7. The molecule has 0 radical (unpaired) electrons. The SMILES string of the molecule is CNC(C)CNS(=O)(=O)c1cccc(C)c1Br.Cl. The van der Waals surface area contributed by atoms with Gasteiger partial charge in [-0.25, -0.2) is 13.1 Å². The third-order valence-corrected chi connectivity index (χ3v) is 5.30. The number of hydrogen-bond donors (Lipinski definition) is 2. The first-order valence-corrected chi connectivity index (χ1v) is 7.58. The molecule has 0 amide bonds. The highest BCUT2D eigenvalue weighted by Crippen LogP contribution is 2.24. The molecule has 104 valence electrons. The highest BCUT2D eigenvalue weighted by atomic mass is 79.9. The predicted molar refractivity (Wildman–Crippen MR) is 79.8 cm³/mol. The minimum absolute atomic E-state index is 0. The third kappa shape index (κ3) is 4.51. The fourth-order valence-electron chi connectivity index (χ4n) is 1.24. The zero-order chi connectivity index (χ0) is 13.1. The van der Waals surface area contributed by atoms with Crippen LogP contribution < -0.4 is 10.0 Å². The fourth-order valence-corrected chi connectivity index (χ4v) is 3.43. The Bertz CT molecular complexity index is 494. The molecule has 0 aliphatic heterocycles. The average Bonchev–Trinajstić information content (AvgIpc) is 2.29. The number of hydrogen-bond acceptors (Lipinski definition) is 3. The van der Waals surface area contributed by atoms with Crippen LogP contribution in [0.5, 0.6) is 0 Å². The van der Waals surface area contributed by atoms with Gasteiger partial charge in [0, 0.05) is 17.1 Å². The van der Waals surface area contributed by atoms with Crippen LogP contribution in [0.1, 0.15) is 12.5 Å². The monoisotopic (exact) mass is 356 g/mol. The zero-order valence-electron chi connectivity index (χ0n) is 10.5. The molecule has 1 unspecified atom stereocenters. The van der Waals surface area contributed by atoms with Crippen LogP contribution in [0.15, 0.2) is 27.6 Å². The largest absolute Gasteiger partial charge is 0.316 e. The Labute approximate surface area is 123 Å². The van der Waals surface area contributed by atoms with Gasteiger partial charge < -0.3 is 5.32 Å². The Morgan fingerprint density at radius 1 is 1.39 bits per heavy atom. The fraction of sp³-hybridized carbons (Fsp3) is 0.455. The molecule has 0 aliphatic carbocycles. The Balaban J connectivity index is 0.00000289. The molecule has 1 rings (SSSR count). The lowest BCUT2D eigenvalue weighted by Crippen LogP contribution is -2.37. The Morgan fingerprint density at radius 3 is 2.56 bits per heavy atom. The summed E-state index contributed by atoms with van der Waals surface area (Å²) in [6.45, 7) is 4.13. The lowest BCUT2D eigenvalue weighted by Gasteiger charge is -2.13. The van der Waals surface area contributed by atoms with Crippen molar-refractivity contribution < 1.29 is 8.42 Å². The van der Waals surface area contributed by atoms with E-state index >= 15 is 0 Å². The van der Waals surface area contributed by atoms with E-state index in [2.05, 4.69) is 26.0 Å². The van der Waals surface area contributed by atoms with Crippen LogP contribution in [0.25, 0.3) is 0 Å². The number of rotatable bonds is 5. The summed E-state index contributed by atoms with van der Waals surface area (Å²) >= 11 is 3.31. The number of benzene rings is 1. The topological polar surface area (TPSA) is 58.2 Å². The molecule has 0 aromatic heterocycles. The minimum atomic E-state index is -3.46. The van der Waals surface area contributed by atoms with Gasteiger partial charge in [-0.15, -0.1) is 12.4 Å². The summed E-state index contributed by atoms with van der Waals surface area (Å²) in [5.74, 6) is 0. The molecule has 0 bridgehead atoms. The molecule has 18 heavy (non-hydrogen) atoms. The van der Waals surface area contributed by atoms with Crippen LogP contribution in [-0.2, 0) is 10.0 Å². The Morgan fingerprint density at radius 2 is 2.00 bits per heavy atom. The van der Waals surface area contributed by atoms with E-state index in [-0.39, 0.29) is 23.3 Å². The normalized spacial score (nSPS) is 12.9. The summed E-state index contributed by atoms with van der Waals surface area (Å²) in [6, 6.07) is 5.27. The second kappa shape index (κ2) is 7.45. The van der Waals surface area contributed by atoms with Crippen molar-refractivity contribution in [2.24, 2.45) is 0 Å². The van der Waals surface area contributed by atoms with Crippen molar-refractivity contribution in [3.63, 3.8) is 0 Å². The first kappa shape index (κ1) is 17.9. The second-order valence-corrected chi connectivity index (χ2v) is 6.46. The molecule has 0 saturated carbocycles. The van der Waals surface area contributed by atoms with Crippen molar-refractivity contribution in [2.45, 2.75) is 24.8 Å². The molecular formula is C11H18BrClN2O2S. The smallest absolute Gasteiger partial charge is 0.241 e. The second-order valence-electron chi connectivity index (χ2n) is 3.93. The van der Waals surface area contributed by atoms with Gasteiger partial charge in [-0.3, -0.25) is 0 Å². The van der Waals surface area contributed by atoms with Gasteiger partial charge in [0.2, 0.25) is 10.0 Å². The van der Waals surface area contributed by atoms with Crippen LogP contribution >= 0.6 is 28.3 Å². The van der Waals surface area contributed by atoms with Crippen LogP contribution in [-0.4, -0.2) is 28.1 Å². The number of likely N-dealkylation sites (N-methyl/N-ethyl adjacent to an activating group) is 1. The summed E-state index contributed by atoms with van der Waals surface area (Å²) in [4.78, 5) is 0.279. The molecule has 1 aromatic carbocycles. The van der Waals surface area contributed by atoms with E-state index in [9.17, 15) is 8.42 Å². The van der Waals surface area contributed by atoms with Crippen molar-refractivity contribution in [1.82, 2.24) is 10.0 Å². The van der Waals surface area contributed by atoms with Crippen LogP contribution in [0.3, 0.4) is 0 Å². The van der Waals surface area contributed by atoms with Gasteiger partial charge in [-0.05, 0) is 48.5 Å². The lowest BCUT2D eigenvalue weighted by molar-refractivity contribution is 0.554. The summed E-state index contributed by atoms with van der Waals surface area (Å²) < 4.78 is 27.3. The van der Waals surface area contributed by atoms with E-state index in [1.807, 2.05) is 19.9 Å². The maximum atomic E-state index is 12.1. The first-order chi connectivity index (χ1) is 7.88. The highest BCUT2D eigenvalue weighted by molar-refractivity contribution is 9.10. The third-order valence-electron chi connectivity index (χ3n) is 2.52. The van der Waals surface area contributed by atoms with Gasteiger partial charge in [-0.2, -0.15) is 0 Å². The predicted octanol–water partition coefficient (Wildman–Crippen LogP) is 2.07. The molecule has 0 saturated heterocycles. The quantitative estimate of drug-likeness (QED) is 0.848. The minimum Gasteiger partial charge on any atom is -0.316 e. The van der Waals surface area contributed by atoms with Gasteiger partial charge in [0.25, 0.3) is 0 Å². The van der Waals surface area contributed by atoms with E-state index in [1.165, 1.54) is 0 Å². The van der Waals surface area contributed by atoms with Gasteiger partial charge >= 0.3 is 0 Å². The molecule has 2 N–H and O–H groups in total. The van der Waals surface area contributed by atoms with E-state index < -0.39 is 10.0 Å². The maximum Gasteiger partial charge on any atom is 0.241 e. The highest BCUT2D eigenvalue weighted by Gasteiger charge is 2.18. The maximum absolute atomic E-state index is 12.1. The van der Waals surface area contributed by atoms with Crippen molar-refractivity contribution >= 4 is 38.4 Å². The molecule has 0 aliphatic rings. The van der Waals surface area contributed by atoms with Crippen molar-refractivity contribution in [1.29, 1.82) is 0 Å². The average molecular weight is 358 g/mol. The standard InChI is InChI=1S/C11H17BrN2O2S.ClH/c1-8-5-4-6-10(11(8)12)17(15,16)14-7-9(2)13-3;/h4-6,9,13-14H,7H2,1-3H3;1H.